The number of carbonyl (C=O) groups excluding carboxylic acids is 1. The highest BCUT2D eigenvalue weighted by Gasteiger charge is 2.13. The average molecular weight is 286 g/mol. The minimum atomic E-state index is -0.387. The summed E-state index contributed by atoms with van der Waals surface area (Å²) in [7, 11) is 4.04. The fourth-order valence-electron chi connectivity index (χ4n) is 1.57. The predicted molar refractivity (Wildman–Crippen MR) is 76.9 cm³/mol. The molecule has 0 atom stereocenters. The SMILES string of the molecule is CCOC(=O)c1cnc(Cl)cc1NCCCN(C)C. The molecule has 0 fully saturated rings. The molecule has 0 saturated carbocycles. The summed E-state index contributed by atoms with van der Waals surface area (Å²) in [5.74, 6) is -0.387. The van der Waals surface area contributed by atoms with Gasteiger partial charge >= 0.3 is 5.97 Å². The van der Waals surface area contributed by atoms with Gasteiger partial charge in [0.25, 0.3) is 0 Å². The average Bonchev–Trinajstić information content (AvgIpc) is 2.34. The molecule has 106 valence electrons. The molecular formula is C13H20ClN3O2. The number of aromatic nitrogens is 1. The standard InChI is InChI=1S/C13H20ClN3O2/c1-4-19-13(18)10-9-16-12(14)8-11(10)15-6-5-7-17(2)3/h8-9H,4-7H2,1-3H3,(H,15,16). The van der Waals surface area contributed by atoms with E-state index >= 15 is 0 Å². The molecule has 19 heavy (non-hydrogen) atoms. The van der Waals surface area contributed by atoms with E-state index in [1.165, 1.54) is 6.20 Å². The molecule has 1 rings (SSSR count). The van der Waals surface area contributed by atoms with Crippen molar-refractivity contribution in [1.29, 1.82) is 0 Å². The Morgan fingerprint density at radius 3 is 2.89 bits per heavy atom. The summed E-state index contributed by atoms with van der Waals surface area (Å²) in [4.78, 5) is 17.8. The Morgan fingerprint density at radius 1 is 1.53 bits per heavy atom. The van der Waals surface area contributed by atoms with Crippen molar-refractivity contribution in [2.75, 3.05) is 39.1 Å². The highest BCUT2D eigenvalue weighted by atomic mass is 35.5. The van der Waals surface area contributed by atoms with Crippen LogP contribution in [0.3, 0.4) is 0 Å². The van der Waals surface area contributed by atoms with Crippen molar-refractivity contribution < 1.29 is 9.53 Å². The molecular weight excluding hydrogens is 266 g/mol. The first kappa shape index (κ1) is 15.7. The van der Waals surface area contributed by atoms with Crippen molar-refractivity contribution in [3.8, 4) is 0 Å². The van der Waals surface area contributed by atoms with Crippen LogP contribution in [0.1, 0.15) is 23.7 Å². The van der Waals surface area contributed by atoms with Crippen LogP contribution in [0.25, 0.3) is 0 Å². The number of hydrogen-bond donors (Lipinski definition) is 1. The van der Waals surface area contributed by atoms with Crippen molar-refractivity contribution in [3.05, 3.63) is 23.0 Å². The van der Waals surface area contributed by atoms with E-state index in [0.717, 1.165) is 19.5 Å². The van der Waals surface area contributed by atoms with Crippen molar-refractivity contribution in [2.45, 2.75) is 13.3 Å². The first-order valence-electron chi connectivity index (χ1n) is 6.26. The Bertz CT molecular complexity index is 424. The van der Waals surface area contributed by atoms with Crippen LogP contribution in [0.15, 0.2) is 12.3 Å². The molecule has 1 heterocycles. The Kier molecular flexibility index (Phi) is 6.59. The van der Waals surface area contributed by atoms with Gasteiger partial charge < -0.3 is 15.0 Å². The zero-order chi connectivity index (χ0) is 14.3. The lowest BCUT2D eigenvalue weighted by Crippen LogP contribution is -2.17. The number of nitrogens with one attached hydrogen (secondary N) is 1. The molecule has 0 bridgehead atoms. The first-order chi connectivity index (χ1) is 9.04. The molecule has 5 nitrogen and oxygen atoms in total. The number of halogens is 1. The van der Waals surface area contributed by atoms with Gasteiger partial charge in [-0.05, 0) is 40.1 Å². The summed E-state index contributed by atoms with van der Waals surface area (Å²) < 4.78 is 4.98. The molecule has 1 N–H and O–H groups in total. The van der Waals surface area contributed by atoms with Gasteiger partial charge in [-0.15, -0.1) is 0 Å². The Labute approximate surface area is 118 Å². The van der Waals surface area contributed by atoms with Gasteiger partial charge in [0.05, 0.1) is 12.3 Å². The monoisotopic (exact) mass is 285 g/mol. The van der Waals surface area contributed by atoms with Crippen LogP contribution in [0.5, 0.6) is 0 Å². The van der Waals surface area contributed by atoms with Crippen LogP contribution in [0.4, 0.5) is 5.69 Å². The molecule has 0 aliphatic heterocycles. The highest BCUT2D eigenvalue weighted by Crippen LogP contribution is 2.19. The molecule has 0 radical (unpaired) electrons. The van der Waals surface area contributed by atoms with Gasteiger partial charge in [0.1, 0.15) is 10.7 Å². The largest absolute Gasteiger partial charge is 0.462 e. The van der Waals surface area contributed by atoms with E-state index in [2.05, 4.69) is 15.2 Å². The summed E-state index contributed by atoms with van der Waals surface area (Å²) in [6, 6.07) is 1.64. The molecule has 0 aliphatic carbocycles. The number of carbonyl (C=O) groups is 1. The molecule has 1 aromatic rings. The Balaban J connectivity index is 2.68. The number of nitrogens with zero attached hydrogens (tertiary/aromatic N) is 2. The number of anilines is 1. The minimum Gasteiger partial charge on any atom is -0.462 e. The molecule has 0 saturated heterocycles. The van der Waals surface area contributed by atoms with Crippen LogP contribution in [-0.2, 0) is 4.74 Å². The minimum absolute atomic E-state index is 0.335. The fraction of sp³-hybridized carbons (Fsp3) is 0.538. The van der Waals surface area contributed by atoms with Crippen molar-refractivity contribution in [3.63, 3.8) is 0 Å². The predicted octanol–water partition coefficient (Wildman–Crippen LogP) is 2.28. The van der Waals surface area contributed by atoms with Crippen LogP contribution < -0.4 is 5.32 Å². The van der Waals surface area contributed by atoms with Gasteiger partial charge in [-0.25, -0.2) is 9.78 Å². The molecule has 1 aromatic heterocycles. The Morgan fingerprint density at radius 2 is 2.26 bits per heavy atom. The fourth-order valence-corrected chi connectivity index (χ4v) is 1.72. The van der Waals surface area contributed by atoms with E-state index in [1.807, 2.05) is 14.1 Å². The second-order valence-electron chi connectivity index (χ2n) is 4.36. The highest BCUT2D eigenvalue weighted by molar-refractivity contribution is 6.29. The number of hydrogen-bond acceptors (Lipinski definition) is 5. The lowest BCUT2D eigenvalue weighted by atomic mass is 10.2. The van der Waals surface area contributed by atoms with Crippen molar-refractivity contribution in [2.24, 2.45) is 0 Å². The number of rotatable bonds is 7. The lowest BCUT2D eigenvalue weighted by molar-refractivity contribution is 0.0527. The maximum Gasteiger partial charge on any atom is 0.341 e. The van der Waals surface area contributed by atoms with Gasteiger partial charge in [-0.3, -0.25) is 0 Å². The van der Waals surface area contributed by atoms with Gasteiger partial charge in [-0.2, -0.15) is 0 Å². The third-order valence-electron chi connectivity index (χ3n) is 2.46. The second kappa shape index (κ2) is 7.96. The smallest absolute Gasteiger partial charge is 0.341 e. The van der Waals surface area contributed by atoms with Crippen LogP contribution in [0, 0.1) is 0 Å². The molecule has 0 spiro atoms. The first-order valence-corrected chi connectivity index (χ1v) is 6.63. The normalized spacial score (nSPS) is 10.6. The molecule has 0 amide bonds. The topological polar surface area (TPSA) is 54.5 Å². The Hall–Kier alpha value is -1.33. The number of esters is 1. The molecule has 0 aromatic carbocycles. The van der Waals surface area contributed by atoms with E-state index in [0.29, 0.717) is 23.0 Å². The summed E-state index contributed by atoms with van der Waals surface area (Å²) in [5, 5.41) is 3.55. The summed E-state index contributed by atoms with van der Waals surface area (Å²) in [6.45, 7) is 3.83. The third-order valence-corrected chi connectivity index (χ3v) is 2.67. The van der Waals surface area contributed by atoms with Gasteiger partial charge in [-0.1, -0.05) is 11.6 Å². The molecule has 6 heteroatoms. The van der Waals surface area contributed by atoms with Gasteiger partial charge in [0.15, 0.2) is 0 Å². The van der Waals surface area contributed by atoms with Crippen LogP contribution in [-0.4, -0.2) is 49.6 Å². The summed E-state index contributed by atoms with van der Waals surface area (Å²) >= 11 is 5.85. The number of pyridine rings is 1. The molecule has 0 aliphatic rings. The zero-order valence-electron chi connectivity index (χ0n) is 11.6. The third kappa shape index (κ3) is 5.44. The lowest BCUT2D eigenvalue weighted by Gasteiger charge is -2.13. The second-order valence-corrected chi connectivity index (χ2v) is 4.74. The zero-order valence-corrected chi connectivity index (χ0v) is 12.3. The van der Waals surface area contributed by atoms with E-state index < -0.39 is 0 Å². The van der Waals surface area contributed by atoms with E-state index in [9.17, 15) is 4.79 Å². The summed E-state index contributed by atoms with van der Waals surface area (Å²) in [6.07, 6.45) is 2.41. The quantitative estimate of drug-likeness (QED) is 0.473. The van der Waals surface area contributed by atoms with Crippen LogP contribution >= 0.6 is 11.6 Å². The van der Waals surface area contributed by atoms with Gasteiger partial charge in [0.2, 0.25) is 0 Å². The van der Waals surface area contributed by atoms with Gasteiger partial charge in [0, 0.05) is 12.7 Å². The van der Waals surface area contributed by atoms with Crippen LogP contribution in [0.2, 0.25) is 5.15 Å². The summed E-state index contributed by atoms with van der Waals surface area (Å²) in [5.41, 5.74) is 1.08. The van der Waals surface area contributed by atoms with Crippen molar-refractivity contribution in [1.82, 2.24) is 9.88 Å². The number of ether oxygens (including phenoxy) is 1. The maximum atomic E-state index is 11.8. The van der Waals surface area contributed by atoms with E-state index in [4.69, 9.17) is 16.3 Å². The molecule has 0 unspecified atom stereocenters. The van der Waals surface area contributed by atoms with E-state index in [-0.39, 0.29) is 5.97 Å². The maximum absolute atomic E-state index is 11.8. The van der Waals surface area contributed by atoms with E-state index in [1.54, 1.807) is 13.0 Å². The van der Waals surface area contributed by atoms with Crippen molar-refractivity contribution >= 4 is 23.3 Å².